The van der Waals surface area contributed by atoms with Crippen LogP contribution in [0.4, 0.5) is 5.69 Å². The molecule has 0 unspecified atom stereocenters. The highest BCUT2D eigenvalue weighted by atomic mass is 32.1. The Morgan fingerprint density at radius 2 is 2.17 bits per heavy atom. The number of unbranched alkanes of at least 4 members (excludes halogenated alkanes) is 1. The molecular weight excluding hydrogens is 306 g/mol. The zero-order valence-electron chi connectivity index (χ0n) is 14.1. The molecule has 1 N–H and O–H groups in total. The van der Waals surface area contributed by atoms with Gasteiger partial charge in [-0.2, -0.15) is 0 Å². The van der Waals surface area contributed by atoms with Gasteiger partial charge in [0.15, 0.2) is 0 Å². The molecule has 124 valence electrons. The molecule has 2 aromatic rings. The monoisotopic (exact) mass is 331 g/mol. The summed E-state index contributed by atoms with van der Waals surface area (Å²) in [5.41, 5.74) is 2.82. The van der Waals surface area contributed by atoms with Crippen molar-refractivity contribution in [1.82, 2.24) is 9.88 Å². The van der Waals surface area contributed by atoms with Gasteiger partial charge in [-0.15, -0.1) is 11.3 Å². The lowest BCUT2D eigenvalue weighted by atomic mass is 10.1. The van der Waals surface area contributed by atoms with E-state index in [1.54, 1.807) is 11.3 Å². The molecule has 0 aliphatic carbocycles. The molecule has 0 fully saturated rings. The standard InChI is InChI=1S/C18H25N3OS/c1-4-6-10-21(5-2)12-18(22)20-16-9-7-8-15(11-16)17-13-23-14(3)19-17/h7-9,11,13H,4-6,10,12H2,1-3H3,(H,20,22). The Morgan fingerprint density at radius 3 is 2.83 bits per heavy atom. The highest BCUT2D eigenvalue weighted by molar-refractivity contribution is 7.09. The van der Waals surface area contributed by atoms with E-state index in [1.807, 2.05) is 36.6 Å². The minimum atomic E-state index is 0.0366. The number of carbonyl (C=O) groups is 1. The summed E-state index contributed by atoms with van der Waals surface area (Å²) in [5, 5.41) is 6.08. The summed E-state index contributed by atoms with van der Waals surface area (Å²) in [6, 6.07) is 7.87. The quantitative estimate of drug-likeness (QED) is 0.789. The molecule has 1 aromatic heterocycles. The molecule has 1 aromatic carbocycles. The normalized spacial score (nSPS) is 11.0. The number of amides is 1. The summed E-state index contributed by atoms with van der Waals surface area (Å²) in [7, 11) is 0. The summed E-state index contributed by atoms with van der Waals surface area (Å²) in [6.07, 6.45) is 2.27. The van der Waals surface area contributed by atoms with Crippen LogP contribution in [0.3, 0.4) is 0 Å². The first-order valence-electron chi connectivity index (χ1n) is 8.17. The first kappa shape index (κ1) is 17.6. The van der Waals surface area contributed by atoms with Crippen molar-refractivity contribution in [2.45, 2.75) is 33.6 Å². The fourth-order valence-corrected chi connectivity index (χ4v) is 3.01. The average molecular weight is 331 g/mol. The van der Waals surface area contributed by atoms with E-state index in [-0.39, 0.29) is 5.91 Å². The maximum Gasteiger partial charge on any atom is 0.238 e. The maximum atomic E-state index is 12.2. The predicted molar refractivity (Wildman–Crippen MR) is 97.9 cm³/mol. The summed E-state index contributed by atoms with van der Waals surface area (Å²) in [5.74, 6) is 0.0366. The molecule has 0 saturated carbocycles. The van der Waals surface area contributed by atoms with Gasteiger partial charge in [0, 0.05) is 16.6 Å². The molecule has 4 nitrogen and oxygen atoms in total. The van der Waals surface area contributed by atoms with Crippen molar-refractivity contribution in [2.24, 2.45) is 0 Å². The number of anilines is 1. The molecule has 5 heteroatoms. The number of carbonyl (C=O) groups excluding carboxylic acids is 1. The Kier molecular flexibility index (Phi) is 6.74. The second-order valence-electron chi connectivity index (χ2n) is 5.60. The molecule has 1 amide bonds. The number of thiazole rings is 1. The molecule has 0 aliphatic heterocycles. The Labute approximate surface area is 142 Å². The fraction of sp³-hybridized carbons (Fsp3) is 0.444. The number of benzene rings is 1. The van der Waals surface area contributed by atoms with Crippen LogP contribution >= 0.6 is 11.3 Å². The Morgan fingerprint density at radius 1 is 1.35 bits per heavy atom. The number of aromatic nitrogens is 1. The molecular formula is C18H25N3OS. The van der Waals surface area contributed by atoms with E-state index in [4.69, 9.17) is 0 Å². The van der Waals surface area contributed by atoms with Gasteiger partial charge in [0.05, 0.1) is 17.2 Å². The van der Waals surface area contributed by atoms with Gasteiger partial charge in [0.1, 0.15) is 0 Å². The third-order valence-electron chi connectivity index (χ3n) is 3.70. The fourth-order valence-electron chi connectivity index (χ4n) is 2.39. The van der Waals surface area contributed by atoms with E-state index in [2.05, 4.69) is 29.0 Å². The number of likely N-dealkylation sites (N-methyl/N-ethyl adjacent to an activating group) is 1. The van der Waals surface area contributed by atoms with Gasteiger partial charge < -0.3 is 5.32 Å². The number of rotatable bonds is 8. The largest absolute Gasteiger partial charge is 0.325 e. The van der Waals surface area contributed by atoms with Crippen LogP contribution in [0.25, 0.3) is 11.3 Å². The van der Waals surface area contributed by atoms with Gasteiger partial charge in [0.2, 0.25) is 5.91 Å². The molecule has 0 bridgehead atoms. The number of hydrogen-bond acceptors (Lipinski definition) is 4. The second kappa shape index (κ2) is 8.79. The van der Waals surface area contributed by atoms with E-state index in [9.17, 15) is 4.79 Å². The molecule has 0 atom stereocenters. The van der Waals surface area contributed by atoms with Gasteiger partial charge in [-0.25, -0.2) is 4.98 Å². The number of aryl methyl sites for hydroxylation is 1. The molecule has 0 saturated heterocycles. The van der Waals surface area contributed by atoms with Crippen LogP contribution in [0.1, 0.15) is 31.7 Å². The van der Waals surface area contributed by atoms with E-state index in [0.29, 0.717) is 6.54 Å². The van der Waals surface area contributed by atoms with E-state index < -0.39 is 0 Å². The van der Waals surface area contributed by atoms with Gasteiger partial charge in [0.25, 0.3) is 0 Å². The number of hydrogen-bond donors (Lipinski definition) is 1. The lowest BCUT2D eigenvalue weighted by Gasteiger charge is -2.19. The Bertz CT molecular complexity index is 639. The first-order valence-corrected chi connectivity index (χ1v) is 9.05. The van der Waals surface area contributed by atoms with Crippen LogP contribution in [0.5, 0.6) is 0 Å². The summed E-state index contributed by atoms with van der Waals surface area (Å²) in [6.45, 7) is 8.56. The van der Waals surface area contributed by atoms with Crippen LogP contribution in [-0.4, -0.2) is 35.4 Å². The summed E-state index contributed by atoms with van der Waals surface area (Å²) < 4.78 is 0. The average Bonchev–Trinajstić information content (AvgIpc) is 2.98. The molecule has 0 radical (unpaired) electrons. The smallest absolute Gasteiger partial charge is 0.238 e. The van der Waals surface area contributed by atoms with Crippen LogP contribution in [0.15, 0.2) is 29.6 Å². The number of nitrogens with one attached hydrogen (secondary N) is 1. The van der Waals surface area contributed by atoms with Crippen LogP contribution in [0, 0.1) is 6.92 Å². The lowest BCUT2D eigenvalue weighted by molar-refractivity contribution is -0.117. The molecule has 2 rings (SSSR count). The second-order valence-corrected chi connectivity index (χ2v) is 6.67. The summed E-state index contributed by atoms with van der Waals surface area (Å²) >= 11 is 1.63. The van der Waals surface area contributed by atoms with Gasteiger partial charge in [-0.1, -0.05) is 32.4 Å². The van der Waals surface area contributed by atoms with Crippen LogP contribution < -0.4 is 5.32 Å². The van der Waals surface area contributed by atoms with E-state index >= 15 is 0 Å². The van der Waals surface area contributed by atoms with E-state index in [1.165, 1.54) is 0 Å². The van der Waals surface area contributed by atoms with Crippen molar-refractivity contribution in [1.29, 1.82) is 0 Å². The van der Waals surface area contributed by atoms with Crippen molar-refractivity contribution in [3.05, 3.63) is 34.7 Å². The van der Waals surface area contributed by atoms with Crippen molar-refractivity contribution < 1.29 is 4.79 Å². The third kappa shape index (κ3) is 5.44. The van der Waals surface area contributed by atoms with Crippen LogP contribution in [-0.2, 0) is 4.79 Å². The van der Waals surface area contributed by atoms with Gasteiger partial charge in [-0.3, -0.25) is 9.69 Å². The number of nitrogens with zero attached hydrogens (tertiary/aromatic N) is 2. The lowest BCUT2D eigenvalue weighted by Crippen LogP contribution is -2.33. The van der Waals surface area contributed by atoms with Crippen molar-refractivity contribution >= 4 is 22.9 Å². The highest BCUT2D eigenvalue weighted by Gasteiger charge is 2.10. The zero-order valence-corrected chi connectivity index (χ0v) is 14.9. The Balaban J connectivity index is 1.98. The molecule has 0 spiro atoms. The SMILES string of the molecule is CCCCN(CC)CC(=O)Nc1cccc(-c2csc(C)n2)c1. The van der Waals surface area contributed by atoms with Crippen molar-refractivity contribution in [2.75, 3.05) is 25.0 Å². The zero-order chi connectivity index (χ0) is 16.7. The molecule has 0 aliphatic rings. The van der Waals surface area contributed by atoms with Crippen LogP contribution in [0.2, 0.25) is 0 Å². The maximum absolute atomic E-state index is 12.2. The third-order valence-corrected chi connectivity index (χ3v) is 4.48. The predicted octanol–water partition coefficient (Wildman–Crippen LogP) is 4.18. The van der Waals surface area contributed by atoms with Crippen molar-refractivity contribution in [3.8, 4) is 11.3 Å². The molecule has 1 heterocycles. The van der Waals surface area contributed by atoms with E-state index in [0.717, 1.165) is 47.9 Å². The molecule has 23 heavy (non-hydrogen) atoms. The van der Waals surface area contributed by atoms with Gasteiger partial charge >= 0.3 is 0 Å². The summed E-state index contributed by atoms with van der Waals surface area (Å²) in [4.78, 5) is 18.9. The minimum Gasteiger partial charge on any atom is -0.325 e. The van der Waals surface area contributed by atoms with Crippen molar-refractivity contribution in [3.63, 3.8) is 0 Å². The highest BCUT2D eigenvalue weighted by Crippen LogP contribution is 2.24. The van der Waals surface area contributed by atoms with Gasteiger partial charge in [-0.05, 0) is 38.6 Å². The topological polar surface area (TPSA) is 45.2 Å². The minimum absolute atomic E-state index is 0.0366. The Hall–Kier alpha value is -1.72. The first-order chi connectivity index (χ1) is 11.1.